The van der Waals surface area contributed by atoms with E-state index in [4.69, 9.17) is 0 Å². The Hall–Kier alpha value is -2.17. The van der Waals surface area contributed by atoms with Crippen LogP contribution in [0.1, 0.15) is 36.8 Å². The Morgan fingerprint density at radius 3 is 2.74 bits per heavy atom. The normalized spacial score (nSPS) is 18.4. The fourth-order valence-corrected chi connectivity index (χ4v) is 3.15. The summed E-state index contributed by atoms with van der Waals surface area (Å²) in [6.45, 7) is 0. The lowest BCUT2D eigenvalue weighted by Gasteiger charge is -2.06. The van der Waals surface area contributed by atoms with Crippen LogP contribution < -0.4 is 0 Å². The third-order valence-corrected chi connectivity index (χ3v) is 4.03. The number of hydrogen-bond acceptors (Lipinski definition) is 5. The summed E-state index contributed by atoms with van der Waals surface area (Å²) in [6.07, 6.45) is 4.42. The number of rotatable bonds is 0. The Balaban J connectivity index is 2.01. The van der Waals surface area contributed by atoms with Crippen LogP contribution in [0.15, 0.2) is 17.7 Å². The van der Waals surface area contributed by atoms with Crippen molar-refractivity contribution >= 4 is 22.4 Å². The van der Waals surface area contributed by atoms with Gasteiger partial charge in [-0.1, -0.05) is 6.07 Å². The molecule has 1 aromatic carbocycles. The van der Waals surface area contributed by atoms with Crippen molar-refractivity contribution in [3.63, 3.8) is 0 Å². The van der Waals surface area contributed by atoms with Crippen molar-refractivity contribution in [1.29, 1.82) is 0 Å². The maximum absolute atomic E-state index is 12.2. The molecule has 0 saturated carbocycles. The molecular formula is C14H12N4O. The summed E-state index contributed by atoms with van der Waals surface area (Å²) in [5.41, 5.74) is 5.95. The molecule has 0 saturated heterocycles. The first-order valence-electron chi connectivity index (χ1n) is 6.58. The maximum Gasteiger partial charge on any atom is 0.159 e. The lowest BCUT2D eigenvalue weighted by Crippen LogP contribution is -2.01. The Bertz CT molecular complexity index is 735. The molecule has 1 aromatic heterocycles. The highest BCUT2D eigenvalue weighted by atomic mass is 16.1. The highest BCUT2D eigenvalue weighted by molar-refractivity contribution is 6.08. The second kappa shape index (κ2) is 3.91. The van der Waals surface area contributed by atoms with Crippen LogP contribution in [-0.4, -0.2) is 26.4 Å². The van der Waals surface area contributed by atoms with Gasteiger partial charge in [-0.05, 0) is 46.9 Å². The first-order valence-corrected chi connectivity index (χ1v) is 6.58. The van der Waals surface area contributed by atoms with E-state index in [0.717, 1.165) is 47.9 Å². The molecule has 0 radical (unpaired) electrons. The molecule has 0 unspecified atom stereocenters. The number of carbonyl (C=O) groups excluding carboxylic acids is 1. The van der Waals surface area contributed by atoms with Gasteiger partial charge in [0.2, 0.25) is 0 Å². The van der Waals surface area contributed by atoms with Gasteiger partial charge in [-0.2, -0.15) is 0 Å². The molecule has 5 heteroatoms. The zero-order chi connectivity index (χ0) is 12.8. The number of nitrogens with zero attached hydrogens (tertiary/aromatic N) is 4. The predicted octanol–water partition coefficient (Wildman–Crippen LogP) is 1.87. The van der Waals surface area contributed by atoms with Crippen LogP contribution in [0.25, 0.3) is 16.6 Å². The van der Waals surface area contributed by atoms with Crippen molar-refractivity contribution in [2.24, 2.45) is 0 Å². The predicted molar refractivity (Wildman–Crippen MR) is 69.2 cm³/mol. The third-order valence-electron chi connectivity index (χ3n) is 4.03. The van der Waals surface area contributed by atoms with Crippen molar-refractivity contribution in [2.75, 3.05) is 0 Å². The quantitative estimate of drug-likeness (QED) is 0.716. The van der Waals surface area contributed by atoms with Gasteiger partial charge in [-0.3, -0.25) is 4.79 Å². The Morgan fingerprint density at radius 1 is 0.947 bits per heavy atom. The molecule has 0 amide bonds. The van der Waals surface area contributed by atoms with Crippen molar-refractivity contribution in [3.8, 4) is 0 Å². The first-order chi connectivity index (χ1) is 9.34. The molecule has 2 aliphatic rings. The summed E-state index contributed by atoms with van der Waals surface area (Å²) in [5, 5.41) is 15.4. The van der Waals surface area contributed by atoms with E-state index in [1.165, 1.54) is 11.1 Å². The highest BCUT2D eigenvalue weighted by Gasteiger charge is 2.29. The van der Waals surface area contributed by atoms with Gasteiger partial charge in [0.15, 0.2) is 5.78 Å². The van der Waals surface area contributed by atoms with E-state index in [1.807, 2.05) is 12.1 Å². The molecule has 0 spiro atoms. The van der Waals surface area contributed by atoms with Crippen LogP contribution >= 0.6 is 0 Å². The number of carbonyl (C=O) groups is 1. The van der Waals surface area contributed by atoms with Crippen molar-refractivity contribution in [3.05, 3.63) is 28.8 Å². The largest absolute Gasteiger partial charge is 0.295 e. The van der Waals surface area contributed by atoms with Crippen LogP contribution in [0.2, 0.25) is 0 Å². The molecule has 5 nitrogen and oxygen atoms in total. The molecular weight excluding hydrogens is 240 g/mol. The summed E-state index contributed by atoms with van der Waals surface area (Å²) in [7, 11) is 0. The monoisotopic (exact) mass is 252 g/mol. The second-order valence-corrected chi connectivity index (χ2v) is 5.11. The number of benzene rings is 1. The average molecular weight is 252 g/mol. The van der Waals surface area contributed by atoms with Crippen molar-refractivity contribution < 1.29 is 4.79 Å². The molecule has 94 valence electrons. The van der Waals surface area contributed by atoms with Crippen LogP contribution in [0, 0.1) is 0 Å². The minimum atomic E-state index is 0.298. The average Bonchev–Trinajstić information content (AvgIpc) is 2.73. The van der Waals surface area contributed by atoms with Gasteiger partial charge in [0, 0.05) is 24.0 Å². The number of aromatic nitrogens is 4. The molecule has 4 rings (SSSR count). The van der Waals surface area contributed by atoms with E-state index in [9.17, 15) is 4.79 Å². The summed E-state index contributed by atoms with van der Waals surface area (Å²) < 4.78 is 0. The van der Waals surface area contributed by atoms with Crippen molar-refractivity contribution in [2.45, 2.75) is 32.1 Å². The second-order valence-electron chi connectivity index (χ2n) is 5.11. The smallest absolute Gasteiger partial charge is 0.159 e. The Morgan fingerprint density at radius 2 is 1.79 bits per heavy atom. The first kappa shape index (κ1) is 10.7. The Labute approximate surface area is 109 Å². The van der Waals surface area contributed by atoms with Crippen LogP contribution in [0.4, 0.5) is 0 Å². The number of fused-ring (bicyclic) bond motifs is 4. The van der Waals surface area contributed by atoms with E-state index in [1.54, 1.807) is 0 Å². The molecule has 0 N–H and O–H groups in total. The lowest BCUT2D eigenvalue weighted by atomic mass is 10.00. The van der Waals surface area contributed by atoms with Crippen molar-refractivity contribution in [1.82, 2.24) is 20.6 Å². The maximum atomic E-state index is 12.2. The molecule has 0 aliphatic heterocycles. The lowest BCUT2D eigenvalue weighted by molar-refractivity contribution is -0.115. The Kier molecular flexibility index (Phi) is 2.21. The van der Waals surface area contributed by atoms with E-state index >= 15 is 0 Å². The number of ketones is 1. The van der Waals surface area contributed by atoms with E-state index < -0.39 is 0 Å². The summed E-state index contributed by atoms with van der Waals surface area (Å²) in [6, 6.07) is 3.95. The summed E-state index contributed by atoms with van der Waals surface area (Å²) in [5.74, 6) is 0.298. The van der Waals surface area contributed by atoms with E-state index in [0.29, 0.717) is 12.2 Å². The number of allylic oxidation sites excluding steroid dienone is 2. The standard InChI is InChI=1S/C14H12N4O/c19-12-4-2-1-3-9-10(12)7-8-5-6-11-14(13(8)9)16-18-17-15-11/h5-6H,1-4,7H2. The molecule has 1 heterocycles. The van der Waals surface area contributed by atoms with Gasteiger partial charge in [-0.15, -0.1) is 10.2 Å². The SMILES string of the molecule is O=C1CCCCC2=C1Cc1ccc3nnnnc3c12. The molecule has 0 bridgehead atoms. The zero-order valence-corrected chi connectivity index (χ0v) is 10.4. The third kappa shape index (κ3) is 1.51. The number of Topliss-reactive ketones (excluding diaryl/α,β-unsaturated/α-hetero) is 1. The van der Waals surface area contributed by atoms with Gasteiger partial charge in [0.25, 0.3) is 0 Å². The van der Waals surface area contributed by atoms with Gasteiger partial charge in [-0.25, -0.2) is 0 Å². The minimum absolute atomic E-state index is 0.298. The molecule has 0 atom stereocenters. The van der Waals surface area contributed by atoms with Gasteiger partial charge in [0.05, 0.1) is 0 Å². The zero-order valence-electron chi connectivity index (χ0n) is 10.4. The highest BCUT2D eigenvalue weighted by Crippen LogP contribution is 2.41. The number of hydrogen-bond donors (Lipinski definition) is 0. The fourth-order valence-electron chi connectivity index (χ4n) is 3.15. The van der Waals surface area contributed by atoms with Gasteiger partial charge in [0.1, 0.15) is 11.0 Å². The van der Waals surface area contributed by atoms with E-state index in [-0.39, 0.29) is 0 Å². The molecule has 19 heavy (non-hydrogen) atoms. The summed E-state index contributed by atoms with van der Waals surface area (Å²) in [4.78, 5) is 12.2. The van der Waals surface area contributed by atoms with Crippen LogP contribution in [0.5, 0.6) is 0 Å². The van der Waals surface area contributed by atoms with Gasteiger partial charge < -0.3 is 0 Å². The van der Waals surface area contributed by atoms with E-state index in [2.05, 4.69) is 20.6 Å². The van der Waals surface area contributed by atoms with Gasteiger partial charge >= 0.3 is 0 Å². The minimum Gasteiger partial charge on any atom is -0.295 e. The fraction of sp³-hybridized carbons (Fsp3) is 0.357. The van der Waals surface area contributed by atoms with Crippen LogP contribution in [-0.2, 0) is 11.2 Å². The topological polar surface area (TPSA) is 68.6 Å². The molecule has 2 aliphatic carbocycles. The molecule has 2 aromatic rings. The molecule has 0 fully saturated rings. The summed E-state index contributed by atoms with van der Waals surface area (Å²) >= 11 is 0. The van der Waals surface area contributed by atoms with Crippen LogP contribution in [0.3, 0.4) is 0 Å².